The molecule has 0 spiro atoms. The fourth-order valence-corrected chi connectivity index (χ4v) is 1.71. The average Bonchev–Trinajstić information content (AvgIpc) is 2.35. The van der Waals surface area contributed by atoms with Gasteiger partial charge >= 0.3 is 5.97 Å². The van der Waals surface area contributed by atoms with E-state index in [1.807, 2.05) is 6.92 Å². The number of carbonyl (C=O) groups is 1. The normalized spacial score (nSPS) is 13.4. The summed E-state index contributed by atoms with van der Waals surface area (Å²) in [6, 6.07) is 0. The van der Waals surface area contributed by atoms with E-state index in [9.17, 15) is 4.79 Å². The van der Waals surface area contributed by atoms with E-state index in [1.165, 1.54) is 0 Å². The second-order valence-corrected chi connectivity index (χ2v) is 5.04. The van der Waals surface area contributed by atoms with Crippen molar-refractivity contribution >= 4 is 5.97 Å². The highest BCUT2D eigenvalue weighted by Gasteiger charge is 2.28. The number of ether oxygens (including phenoxy) is 1. The van der Waals surface area contributed by atoms with Gasteiger partial charge in [0.2, 0.25) is 0 Å². The van der Waals surface area contributed by atoms with E-state index in [-0.39, 0.29) is 38.8 Å². The number of hydrogen-bond donors (Lipinski definition) is 3. The van der Waals surface area contributed by atoms with Crippen LogP contribution in [-0.2, 0) is 9.53 Å². The Morgan fingerprint density at radius 1 is 1.22 bits per heavy atom. The van der Waals surface area contributed by atoms with Gasteiger partial charge in [0.1, 0.15) is 0 Å². The zero-order chi connectivity index (χ0) is 14.0. The fourth-order valence-electron chi connectivity index (χ4n) is 1.71. The fraction of sp³-hybridized carbons (Fsp3) is 0.923. The quantitative estimate of drug-likeness (QED) is 0.505. The molecule has 0 fully saturated rings. The molecule has 18 heavy (non-hydrogen) atoms. The Kier molecular flexibility index (Phi) is 8.97. The van der Waals surface area contributed by atoms with Gasteiger partial charge in [-0.25, -0.2) is 0 Å². The molecule has 0 radical (unpaired) electrons. The Morgan fingerprint density at radius 2 is 1.78 bits per heavy atom. The smallest absolute Gasteiger partial charge is 0.306 e. The molecule has 0 amide bonds. The Bertz CT molecular complexity index is 217. The number of hydrogen-bond acceptors (Lipinski definition) is 5. The van der Waals surface area contributed by atoms with Crippen molar-refractivity contribution in [3.05, 3.63) is 0 Å². The highest BCUT2D eigenvalue weighted by Crippen LogP contribution is 2.20. The SMILES string of the molecule is CCCC(C)CC(=O)OCCC(CO)(CO)CO. The summed E-state index contributed by atoms with van der Waals surface area (Å²) in [5.41, 5.74) is -0.963. The Morgan fingerprint density at radius 3 is 2.22 bits per heavy atom. The summed E-state index contributed by atoms with van der Waals surface area (Å²) >= 11 is 0. The zero-order valence-electron chi connectivity index (χ0n) is 11.4. The molecule has 5 nitrogen and oxygen atoms in total. The van der Waals surface area contributed by atoms with Crippen LogP contribution in [0.3, 0.4) is 0 Å². The van der Waals surface area contributed by atoms with E-state index in [2.05, 4.69) is 6.92 Å². The van der Waals surface area contributed by atoms with Gasteiger partial charge < -0.3 is 20.1 Å². The third-order valence-electron chi connectivity index (χ3n) is 3.20. The molecule has 0 aromatic rings. The van der Waals surface area contributed by atoms with Gasteiger partial charge in [0.15, 0.2) is 0 Å². The summed E-state index contributed by atoms with van der Waals surface area (Å²) in [4.78, 5) is 11.5. The van der Waals surface area contributed by atoms with Gasteiger partial charge in [-0.15, -0.1) is 0 Å². The molecule has 108 valence electrons. The lowest BCUT2D eigenvalue weighted by molar-refractivity contribution is -0.146. The van der Waals surface area contributed by atoms with E-state index >= 15 is 0 Å². The molecule has 0 heterocycles. The minimum absolute atomic E-state index is 0.110. The molecule has 1 atom stereocenters. The molecule has 1 unspecified atom stereocenters. The maximum absolute atomic E-state index is 11.5. The molecule has 0 aliphatic heterocycles. The highest BCUT2D eigenvalue weighted by atomic mass is 16.5. The van der Waals surface area contributed by atoms with Crippen molar-refractivity contribution in [3.8, 4) is 0 Å². The Labute approximate surface area is 109 Å². The van der Waals surface area contributed by atoms with Crippen molar-refractivity contribution < 1.29 is 24.9 Å². The maximum atomic E-state index is 11.5. The van der Waals surface area contributed by atoms with Crippen molar-refractivity contribution in [2.45, 2.75) is 39.5 Å². The monoisotopic (exact) mass is 262 g/mol. The lowest BCUT2D eigenvalue weighted by Gasteiger charge is -2.26. The predicted octanol–water partition coefficient (Wildman–Crippen LogP) is 0.709. The van der Waals surface area contributed by atoms with E-state index in [0.717, 1.165) is 12.8 Å². The third kappa shape index (κ3) is 6.33. The lowest BCUT2D eigenvalue weighted by atomic mass is 9.88. The standard InChI is InChI=1S/C13H26O5/c1-3-4-11(2)7-12(17)18-6-5-13(8-14,9-15)10-16/h11,14-16H,3-10H2,1-2H3. The number of aliphatic hydroxyl groups excluding tert-OH is 3. The zero-order valence-corrected chi connectivity index (χ0v) is 11.4. The topological polar surface area (TPSA) is 87.0 Å². The van der Waals surface area contributed by atoms with E-state index in [0.29, 0.717) is 12.3 Å². The van der Waals surface area contributed by atoms with Gasteiger partial charge in [-0.1, -0.05) is 26.7 Å². The molecule has 0 rings (SSSR count). The first-order valence-corrected chi connectivity index (χ1v) is 6.51. The minimum Gasteiger partial charge on any atom is -0.466 e. The largest absolute Gasteiger partial charge is 0.466 e. The van der Waals surface area contributed by atoms with E-state index in [4.69, 9.17) is 20.1 Å². The van der Waals surface area contributed by atoms with Crippen LogP contribution in [0.2, 0.25) is 0 Å². The Balaban J connectivity index is 3.92. The molecular formula is C13H26O5. The molecule has 0 saturated carbocycles. The molecule has 0 aliphatic rings. The van der Waals surface area contributed by atoms with Crippen LogP contribution in [0.1, 0.15) is 39.5 Å². The van der Waals surface area contributed by atoms with Crippen LogP contribution in [0.4, 0.5) is 0 Å². The highest BCUT2D eigenvalue weighted by molar-refractivity contribution is 5.69. The van der Waals surface area contributed by atoms with Gasteiger partial charge in [-0.2, -0.15) is 0 Å². The summed E-state index contributed by atoms with van der Waals surface area (Å²) in [6.07, 6.45) is 2.67. The van der Waals surface area contributed by atoms with Gasteiger partial charge in [-0.3, -0.25) is 4.79 Å². The first kappa shape index (κ1) is 17.4. The first-order chi connectivity index (χ1) is 8.53. The molecule has 3 N–H and O–H groups in total. The van der Waals surface area contributed by atoms with Gasteiger partial charge in [0, 0.05) is 11.8 Å². The molecule has 0 bridgehead atoms. The van der Waals surface area contributed by atoms with Crippen LogP contribution in [0.5, 0.6) is 0 Å². The number of esters is 1. The van der Waals surface area contributed by atoms with Crippen LogP contribution >= 0.6 is 0 Å². The van der Waals surface area contributed by atoms with Crippen LogP contribution in [0, 0.1) is 11.3 Å². The molecular weight excluding hydrogens is 236 g/mol. The number of carbonyl (C=O) groups excluding carboxylic acids is 1. The van der Waals surface area contributed by atoms with Crippen molar-refractivity contribution in [3.63, 3.8) is 0 Å². The van der Waals surface area contributed by atoms with Crippen molar-refractivity contribution in [2.24, 2.45) is 11.3 Å². The van der Waals surface area contributed by atoms with Crippen LogP contribution in [-0.4, -0.2) is 47.7 Å². The van der Waals surface area contributed by atoms with Gasteiger partial charge in [0.25, 0.3) is 0 Å². The summed E-state index contributed by atoms with van der Waals surface area (Å²) < 4.78 is 5.05. The minimum atomic E-state index is -0.963. The lowest BCUT2D eigenvalue weighted by Crippen LogP contribution is -2.35. The maximum Gasteiger partial charge on any atom is 0.306 e. The van der Waals surface area contributed by atoms with E-state index < -0.39 is 5.41 Å². The van der Waals surface area contributed by atoms with E-state index in [1.54, 1.807) is 0 Å². The number of aliphatic hydroxyl groups is 3. The third-order valence-corrected chi connectivity index (χ3v) is 3.20. The van der Waals surface area contributed by atoms with Crippen LogP contribution < -0.4 is 0 Å². The summed E-state index contributed by atoms with van der Waals surface area (Å²) in [5.74, 6) is 0.0412. The molecule has 0 aliphatic carbocycles. The van der Waals surface area contributed by atoms with Crippen molar-refractivity contribution in [1.82, 2.24) is 0 Å². The second kappa shape index (κ2) is 9.30. The summed E-state index contributed by atoms with van der Waals surface area (Å²) in [6.45, 7) is 3.20. The van der Waals surface area contributed by atoms with Crippen molar-refractivity contribution in [2.75, 3.05) is 26.4 Å². The second-order valence-electron chi connectivity index (χ2n) is 5.04. The number of rotatable bonds is 10. The van der Waals surface area contributed by atoms with Crippen LogP contribution in [0.25, 0.3) is 0 Å². The average molecular weight is 262 g/mol. The Hall–Kier alpha value is -0.650. The molecule has 0 aromatic carbocycles. The summed E-state index contributed by atoms with van der Waals surface area (Å²) in [5, 5.41) is 27.3. The van der Waals surface area contributed by atoms with Gasteiger partial charge in [0.05, 0.1) is 26.4 Å². The van der Waals surface area contributed by atoms with Crippen LogP contribution in [0.15, 0.2) is 0 Å². The van der Waals surface area contributed by atoms with Gasteiger partial charge in [-0.05, 0) is 12.3 Å². The molecule has 0 saturated heterocycles. The first-order valence-electron chi connectivity index (χ1n) is 6.51. The van der Waals surface area contributed by atoms with Crippen molar-refractivity contribution in [1.29, 1.82) is 0 Å². The predicted molar refractivity (Wildman–Crippen MR) is 68.0 cm³/mol. The molecule has 5 heteroatoms. The summed E-state index contributed by atoms with van der Waals surface area (Å²) in [7, 11) is 0. The molecule has 0 aromatic heterocycles.